The number of hydrogen-bond donors (Lipinski definition) is 0. The van der Waals surface area contributed by atoms with Crippen molar-refractivity contribution in [1.82, 2.24) is 0 Å². The van der Waals surface area contributed by atoms with Crippen LogP contribution in [0.3, 0.4) is 0 Å². The average molecular weight is 330 g/mol. The van der Waals surface area contributed by atoms with E-state index in [1.165, 1.54) is 19.6 Å². The van der Waals surface area contributed by atoms with Crippen LogP contribution in [0.25, 0.3) is 0 Å². The molecule has 1 aromatic carbocycles. The number of methoxy groups -OCH3 is 1. The first-order chi connectivity index (χ1) is 9.10. The minimum Gasteiger partial charge on any atom is -0.493 e. The standard InChI is InChI=1S/C13H16BrNO4/c1-18-12-4-3-10(7-11(12)15(16)17)19-9-13(8-14)5-2-6-13/h3-4,7H,2,5-6,8-9H2,1H3. The lowest BCUT2D eigenvalue weighted by molar-refractivity contribution is -0.385. The minimum absolute atomic E-state index is 0.0681. The van der Waals surface area contributed by atoms with Gasteiger partial charge in [-0.25, -0.2) is 0 Å². The first-order valence-electron chi connectivity index (χ1n) is 6.11. The highest BCUT2D eigenvalue weighted by atomic mass is 79.9. The van der Waals surface area contributed by atoms with Gasteiger partial charge in [-0.2, -0.15) is 0 Å². The quantitative estimate of drug-likeness (QED) is 0.455. The Balaban J connectivity index is 2.08. The van der Waals surface area contributed by atoms with Gasteiger partial charge in [0.25, 0.3) is 0 Å². The number of halogens is 1. The molecule has 104 valence electrons. The number of nitro groups is 1. The Hall–Kier alpha value is -1.30. The van der Waals surface area contributed by atoms with Gasteiger partial charge in [0.05, 0.1) is 24.7 Å². The molecule has 1 aliphatic rings. The van der Waals surface area contributed by atoms with Crippen molar-refractivity contribution in [1.29, 1.82) is 0 Å². The third-order valence-corrected chi connectivity index (χ3v) is 4.78. The number of hydrogen-bond acceptors (Lipinski definition) is 4. The molecule has 0 heterocycles. The van der Waals surface area contributed by atoms with E-state index in [-0.39, 0.29) is 16.9 Å². The van der Waals surface area contributed by atoms with Gasteiger partial charge in [-0.15, -0.1) is 0 Å². The summed E-state index contributed by atoms with van der Waals surface area (Å²) in [5.41, 5.74) is 0.121. The van der Waals surface area contributed by atoms with Gasteiger partial charge < -0.3 is 9.47 Å². The van der Waals surface area contributed by atoms with Gasteiger partial charge in [-0.05, 0) is 25.0 Å². The summed E-state index contributed by atoms with van der Waals surface area (Å²) in [7, 11) is 1.41. The Morgan fingerprint density at radius 3 is 2.68 bits per heavy atom. The topological polar surface area (TPSA) is 61.6 Å². The summed E-state index contributed by atoms with van der Waals surface area (Å²) in [6, 6.07) is 4.68. The molecule has 2 rings (SSSR count). The maximum Gasteiger partial charge on any atom is 0.314 e. The van der Waals surface area contributed by atoms with E-state index in [9.17, 15) is 10.1 Å². The molecule has 0 amide bonds. The number of benzene rings is 1. The molecule has 0 aromatic heterocycles. The third kappa shape index (κ3) is 3.00. The zero-order chi connectivity index (χ0) is 13.9. The van der Waals surface area contributed by atoms with E-state index in [2.05, 4.69) is 15.9 Å². The fourth-order valence-electron chi connectivity index (χ4n) is 2.13. The van der Waals surface area contributed by atoms with Crippen LogP contribution in [0.2, 0.25) is 0 Å². The Labute approximate surface area is 120 Å². The second-order valence-corrected chi connectivity index (χ2v) is 5.43. The van der Waals surface area contributed by atoms with E-state index in [1.54, 1.807) is 12.1 Å². The van der Waals surface area contributed by atoms with Gasteiger partial charge in [-0.3, -0.25) is 10.1 Å². The second-order valence-electron chi connectivity index (χ2n) is 4.87. The van der Waals surface area contributed by atoms with Crippen molar-refractivity contribution in [2.45, 2.75) is 19.3 Å². The fourth-order valence-corrected chi connectivity index (χ4v) is 2.85. The van der Waals surface area contributed by atoms with E-state index >= 15 is 0 Å². The van der Waals surface area contributed by atoms with E-state index < -0.39 is 4.92 Å². The molecule has 0 saturated heterocycles. The molecule has 1 saturated carbocycles. The van der Waals surface area contributed by atoms with Crippen molar-refractivity contribution < 1.29 is 14.4 Å². The minimum atomic E-state index is -0.463. The van der Waals surface area contributed by atoms with Crippen molar-refractivity contribution in [3.63, 3.8) is 0 Å². The Kier molecular flexibility index (Phi) is 4.29. The maximum absolute atomic E-state index is 10.9. The predicted molar refractivity (Wildman–Crippen MR) is 75.2 cm³/mol. The molecule has 1 aromatic rings. The summed E-state index contributed by atoms with van der Waals surface area (Å²) in [5, 5.41) is 11.8. The first-order valence-corrected chi connectivity index (χ1v) is 7.23. The van der Waals surface area contributed by atoms with E-state index in [4.69, 9.17) is 9.47 Å². The van der Waals surface area contributed by atoms with Gasteiger partial charge >= 0.3 is 5.69 Å². The molecule has 0 bridgehead atoms. The van der Waals surface area contributed by atoms with Crippen molar-refractivity contribution in [3.05, 3.63) is 28.3 Å². The number of ether oxygens (including phenoxy) is 2. The summed E-state index contributed by atoms with van der Waals surface area (Å²) in [6.07, 6.45) is 3.49. The molecule has 0 unspecified atom stereocenters. The Morgan fingerprint density at radius 1 is 1.47 bits per heavy atom. The molecular formula is C13H16BrNO4. The molecule has 5 nitrogen and oxygen atoms in total. The molecule has 0 radical (unpaired) electrons. The van der Waals surface area contributed by atoms with Crippen LogP contribution in [-0.2, 0) is 0 Å². The molecule has 0 aliphatic heterocycles. The summed E-state index contributed by atoms with van der Waals surface area (Å²) >= 11 is 3.51. The summed E-state index contributed by atoms with van der Waals surface area (Å²) in [6.45, 7) is 0.585. The van der Waals surface area contributed by atoms with Crippen molar-refractivity contribution >= 4 is 21.6 Å². The maximum atomic E-state index is 10.9. The molecule has 0 N–H and O–H groups in total. The average Bonchev–Trinajstić information content (AvgIpc) is 2.37. The van der Waals surface area contributed by atoms with Crippen LogP contribution in [0.15, 0.2) is 18.2 Å². The highest BCUT2D eigenvalue weighted by Gasteiger charge is 2.36. The monoisotopic (exact) mass is 329 g/mol. The predicted octanol–water partition coefficient (Wildman–Crippen LogP) is 3.55. The number of alkyl halides is 1. The number of nitro benzene ring substituents is 1. The SMILES string of the molecule is COc1ccc(OCC2(CBr)CCC2)cc1[N+](=O)[O-]. The van der Waals surface area contributed by atoms with Gasteiger partial charge in [0.1, 0.15) is 5.75 Å². The molecule has 1 aliphatic carbocycles. The number of nitrogens with zero attached hydrogens (tertiary/aromatic N) is 1. The fraction of sp³-hybridized carbons (Fsp3) is 0.538. The first kappa shape index (κ1) is 14.1. The Morgan fingerprint density at radius 2 is 2.21 bits per heavy atom. The lowest BCUT2D eigenvalue weighted by Gasteiger charge is -2.39. The van der Waals surface area contributed by atoms with Crippen LogP contribution in [0.1, 0.15) is 19.3 Å². The smallest absolute Gasteiger partial charge is 0.314 e. The van der Waals surface area contributed by atoms with E-state index in [0.717, 1.165) is 18.2 Å². The highest BCUT2D eigenvalue weighted by molar-refractivity contribution is 9.09. The van der Waals surface area contributed by atoms with Crippen LogP contribution >= 0.6 is 15.9 Å². The van der Waals surface area contributed by atoms with Crippen LogP contribution < -0.4 is 9.47 Å². The summed E-state index contributed by atoms with van der Waals surface area (Å²) in [5.74, 6) is 0.760. The second kappa shape index (κ2) is 5.77. The van der Waals surface area contributed by atoms with E-state index in [0.29, 0.717) is 12.4 Å². The van der Waals surface area contributed by atoms with Crippen molar-refractivity contribution in [3.8, 4) is 11.5 Å². The van der Waals surface area contributed by atoms with Gasteiger partial charge in [0.2, 0.25) is 0 Å². The van der Waals surface area contributed by atoms with Crippen LogP contribution in [0.5, 0.6) is 11.5 Å². The molecular weight excluding hydrogens is 314 g/mol. The zero-order valence-corrected chi connectivity index (χ0v) is 12.3. The van der Waals surface area contributed by atoms with Gasteiger partial charge in [0, 0.05) is 10.7 Å². The van der Waals surface area contributed by atoms with Gasteiger partial charge in [0.15, 0.2) is 5.75 Å². The summed E-state index contributed by atoms with van der Waals surface area (Å²) in [4.78, 5) is 10.5. The molecule has 19 heavy (non-hydrogen) atoms. The third-order valence-electron chi connectivity index (χ3n) is 3.59. The lowest BCUT2D eigenvalue weighted by atomic mass is 9.71. The van der Waals surface area contributed by atoms with E-state index in [1.807, 2.05) is 0 Å². The van der Waals surface area contributed by atoms with Crippen molar-refractivity contribution in [2.75, 3.05) is 19.0 Å². The van der Waals surface area contributed by atoms with Crippen LogP contribution in [0.4, 0.5) is 5.69 Å². The largest absolute Gasteiger partial charge is 0.493 e. The van der Waals surface area contributed by atoms with Crippen molar-refractivity contribution in [2.24, 2.45) is 5.41 Å². The van der Waals surface area contributed by atoms with Crippen LogP contribution in [-0.4, -0.2) is 24.0 Å². The van der Waals surface area contributed by atoms with Crippen LogP contribution in [0, 0.1) is 15.5 Å². The summed E-state index contributed by atoms with van der Waals surface area (Å²) < 4.78 is 10.7. The molecule has 1 fully saturated rings. The normalized spacial score (nSPS) is 16.5. The lowest BCUT2D eigenvalue weighted by Crippen LogP contribution is -2.37. The number of rotatable bonds is 6. The molecule has 6 heteroatoms. The van der Waals surface area contributed by atoms with Gasteiger partial charge in [-0.1, -0.05) is 22.4 Å². The zero-order valence-electron chi connectivity index (χ0n) is 10.7. The molecule has 0 spiro atoms. The molecule has 0 atom stereocenters. The Bertz CT molecular complexity index is 468. The highest BCUT2D eigenvalue weighted by Crippen LogP contribution is 2.43.